The highest BCUT2D eigenvalue weighted by atomic mass is 32.1. The summed E-state index contributed by atoms with van der Waals surface area (Å²) >= 11 is 1.84. The Morgan fingerprint density at radius 1 is 0.579 bits per heavy atom. The van der Waals surface area contributed by atoms with Crippen LogP contribution in [0, 0.1) is 0 Å². The van der Waals surface area contributed by atoms with Crippen LogP contribution in [0.5, 0.6) is 0 Å². The Bertz CT molecular complexity index is 3440. The van der Waals surface area contributed by atoms with Crippen molar-refractivity contribution in [2.75, 3.05) is 0 Å². The zero-order valence-corrected chi connectivity index (χ0v) is 31.9. The fourth-order valence-corrected chi connectivity index (χ4v) is 11.6. The molecule has 2 aliphatic rings. The Balaban J connectivity index is 0.989. The highest BCUT2D eigenvalue weighted by Gasteiger charge is 2.32. The fraction of sp³-hybridized carbons (Fsp3) is 0.0755. The van der Waals surface area contributed by atoms with Crippen molar-refractivity contribution in [3.63, 3.8) is 0 Å². The maximum Gasteiger partial charge on any atom is 0.134 e. The Morgan fingerprint density at radius 2 is 1.28 bits per heavy atom. The summed E-state index contributed by atoms with van der Waals surface area (Å²) in [5, 5.41) is 13.1. The molecule has 1 N–H and O–H groups in total. The number of aryl methyl sites for hydroxylation is 1. The zero-order valence-electron chi connectivity index (χ0n) is 31.0. The second-order valence-electron chi connectivity index (χ2n) is 15.8. The van der Waals surface area contributed by atoms with Gasteiger partial charge in [-0.2, -0.15) is 0 Å². The van der Waals surface area contributed by atoms with Crippen molar-refractivity contribution >= 4 is 81.8 Å². The number of nitrogens with one attached hydrogen (secondary N) is 1. The molecule has 3 nitrogen and oxygen atoms in total. The summed E-state index contributed by atoms with van der Waals surface area (Å²) in [4.78, 5) is 6.60. The Labute approximate surface area is 333 Å². The van der Waals surface area contributed by atoms with Crippen LogP contribution in [-0.4, -0.2) is 10.2 Å². The smallest absolute Gasteiger partial charge is 0.134 e. The molecule has 0 saturated heterocycles. The molecule has 0 radical (unpaired) electrons. The molecule has 13 rings (SSSR count). The first kappa shape index (κ1) is 31.5. The van der Waals surface area contributed by atoms with E-state index in [-0.39, 0.29) is 12.0 Å². The Morgan fingerprint density at radius 3 is 2.12 bits per heavy atom. The lowest BCUT2D eigenvalue weighted by molar-refractivity contribution is 0.726. The maximum absolute atomic E-state index is 5.33. The van der Waals surface area contributed by atoms with Gasteiger partial charge in [0.25, 0.3) is 0 Å². The molecule has 11 aromatic rings. The van der Waals surface area contributed by atoms with Gasteiger partial charge in [-0.25, -0.2) is 4.99 Å². The van der Waals surface area contributed by atoms with Crippen LogP contribution in [0.4, 0.5) is 5.69 Å². The van der Waals surface area contributed by atoms with E-state index in [2.05, 4.69) is 180 Å². The monoisotopic (exact) mass is 745 g/mol. The molecule has 2 atom stereocenters. The molecule has 4 heterocycles. The quantitative estimate of drug-likeness (QED) is 0.192. The van der Waals surface area contributed by atoms with E-state index in [0.29, 0.717) is 0 Å². The third-order valence-corrected chi connectivity index (χ3v) is 14.1. The molecule has 57 heavy (non-hydrogen) atoms. The summed E-state index contributed by atoms with van der Waals surface area (Å²) < 4.78 is 3.79. The van der Waals surface area contributed by atoms with Crippen molar-refractivity contribution in [2.45, 2.75) is 24.8 Å². The van der Waals surface area contributed by atoms with Gasteiger partial charge in [-0.15, -0.1) is 11.3 Å². The summed E-state index contributed by atoms with van der Waals surface area (Å²) in [6.07, 6.45) is 2.03. The molecular weight excluding hydrogens is 711 g/mol. The number of rotatable bonds is 3. The molecule has 268 valence electrons. The molecule has 0 spiro atoms. The van der Waals surface area contributed by atoms with Gasteiger partial charge in [-0.05, 0) is 81.3 Å². The first-order valence-corrected chi connectivity index (χ1v) is 20.8. The number of fused-ring (bicyclic) bond motifs is 15. The first-order chi connectivity index (χ1) is 28.3. The van der Waals surface area contributed by atoms with E-state index in [9.17, 15) is 0 Å². The van der Waals surface area contributed by atoms with Gasteiger partial charge < -0.3 is 9.72 Å². The van der Waals surface area contributed by atoms with Gasteiger partial charge in [0.2, 0.25) is 0 Å². The minimum absolute atomic E-state index is 0.0396. The van der Waals surface area contributed by atoms with E-state index in [1.165, 1.54) is 97.2 Å². The largest absolute Gasteiger partial charge is 0.358 e. The third kappa shape index (κ3) is 4.45. The normalized spacial score (nSPS) is 16.5. The molecule has 4 heteroatoms. The van der Waals surface area contributed by atoms with Gasteiger partial charge in [0.1, 0.15) is 5.84 Å². The summed E-state index contributed by atoms with van der Waals surface area (Å²) in [6.45, 7) is 0. The molecule has 0 amide bonds. The van der Waals surface area contributed by atoms with Crippen LogP contribution >= 0.6 is 11.3 Å². The number of amidine groups is 1. The maximum atomic E-state index is 5.33. The molecule has 3 aromatic heterocycles. The molecule has 0 saturated carbocycles. The van der Waals surface area contributed by atoms with Crippen molar-refractivity contribution in [1.29, 1.82) is 0 Å². The van der Waals surface area contributed by atoms with Crippen molar-refractivity contribution < 1.29 is 0 Å². The number of aromatic nitrogens is 1. The van der Waals surface area contributed by atoms with Crippen molar-refractivity contribution in [2.24, 2.45) is 4.99 Å². The van der Waals surface area contributed by atoms with Gasteiger partial charge in [0.05, 0.1) is 33.2 Å². The van der Waals surface area contributed by atoms with Crippen LogP contribution in [0.15, 0.2) is 175 Å². The van der Waals surface area contributed by atoms with Gasteiger partial charge in [0.15, 0.2) is 0 Å². The average Bonchev–Trinajstić information content (AvgIpc) is 3.89. The van der Waals surface area contributed by atoms with Crippen LogP contribution in [0.2, 0.25) is 0 Å². The summed E-state index contributed by atoms with van der Waals surface area (Å²) in [5.74, 6) is 1.16. The number of hydrogen-bond donors (Lipinski definition) is 1. The van der Waals surface area contributed by atoms with Gasteiger partial charge >= 0.3 is 0 Å². The van der Waals surface area contributed by atoms with E-state index < -0.39 is 0 Å². The van der Waals surface area contributed by atoms with Gasteiger partial charge in [-0.3, -0.25) is 0 Å². The lowest BCUT2D eigenvalue weighted by Gasteiger charge is -2.26. The molecule has 1 unspecified atom stereocenters. The van der Waals surface area contributed by atoms with Gasteiger partial charge in [-0.1, -0.05) is 146 Å². The number of aliphatic imine (C=N–C) groups is 1. The molecule has 1 aliphatic carbocycles. The summed E-state index contributed by atoms with van der Waals surface area (Å²) in [5.41, 5.74) is 14.4. The molecule has 0 fully saturated rings. The van der Waals surface area contributed by atoms with E-state index in [4.69, 9.17) is 4.99 Å². The number of hydrogen-bond acceptors (Lipinski definition) is 3. The van der Waals surface area contributed by atoms with E-state index in [1.807, 2.05) is 11.3 Å². The second kappa shape index (κ2) is 11.9. The van der Waals surface area contributed by atoms with E-state index in [0.717, 1.165) is 29.9 Å². The van der Waals surface area contributed by atoms with Crippen molar-refractivity contribution in [1.82, 2.24) is 9.72 Å². The standard InChI is InChI=1S/C53H35N3S/c1-2-13-33(14-3-1)49-52-50(41-18-8-11-21-45(41)57-52)55-53(54-49)34-24-22-32(23-25-34)36-28-27-35-30-42-38-16-6-9-19-43(38)56-44-20-10-7-17-40(44)48(51(42)56)46(35)47-37-15-5-4-12-31(37)26-29-39(36)47/h1-26,29-30,36,49H,27-28H2,(H,54,55)/t36-,49?/m0/s1. The second-order valence-corrected chi connectivity index (χ2v) is 16.9. The lowest BCUT2D eigenvalue weighted by atomic mass is 9.82. The fourth-order valence-electron chi connectivity index (χ4n) is 10.3. The van der Waals surface area contributed by atoms with Gasteiger partial charge in [0, 0.05) is 43.1 Å². The zero-order chi connectivity index (χ0) is 37.2. The molecule has 0 bridgehead atoms. The lowest BCUT2D eigenvalue weighted by Crippen LogP contribution is -2.32. The number of para-hydroxylation sites is 2. The molecule has 8 aromatic carbocycles. The average molecular weight is 746 g/mol. The number of thiophene rings is 1. The molecule has 1 aliphatic heterocycles. The van der Waals surface area contributed by atoms with Crippen molar-refractivity contribution in [3.8, 4) is 11.1 Å². The number of nitrogens with zero attached hydrogens (tertiary/aromatic N) is 2. The number of benzene rings is 8. The highest BCUT2D eigenvalue weighted by Crippen LogP contribution is 2.52. The predicted octanol–water partition coefficient (Wildman–Crippen LogP) is 13.7. The van der Waals surface area contributed by atoms with Crippen LogP contribution in [-0.2, 0) is 6.42 Å². The van der Waals surface area contributed by atoms with E-state index in [1.54, 1.807) is 0 Å². The predicted molar refractivity (Wildman–Crippen MR) is 240 cm³/mol. The van der Waals surface area contributed by atoms with Crippen molar-refractivity contribution in [3.05, 3.63) is 203 Å². The summed E-state index contributed by atoms with van der Waals surface area (Å²) in [6, 6.07) is 63.1. The van der Waals surface area contributed by atoms with Crippen LogP contribution in [0.1, 0.15) is 51.1 Å². The van der Waals surface area contributed by atoms with Crippen LogP contribution < -0.4 is 5.32 Å². The Kier molecular flexibility index (Phi) is 6.55. The van der Waals surface area contributed by atoms with Crippen LogP contribution in [0.25, 0.3) is 70.1 Å². The topological polar surface area (TPSA) is 28.8 Å². The summed E-state index contributed by atoms with van der Waals surface area (Å²) in [7, 11) is 0. The first-order valence-electron chi connectivity index (χ1n) is 20.0. The molecular formula is C53H35N3S. The highest BCUT2D eigenvalue weighted by molar-refractivity contribution is 7.19. The van der Waals surface area contributed by atoms with E-state index >= 15 is 0 Å². The minimum atomic E-state index is 0.0396. The Hall–Kier alpha value is -6.75. The minimum Gasteiger partial charge on any atom is -0.358 e. The SMILES string of the molecule is c1ccc(C2NC(c3ccc([C@@H]4CCc5cc6c7ccccc7n7c8ccccc8c(c5-c5c4ccc4ccccc54)c67)cc3)=Nc3c2sc2ccccc32)cc1. The van der Waals surface area contributed by atoms with Crippen LogP contribution in [0.3, 0.4) is 0 Å². The third-order valence-electron chi connectivity index (χ3n) is 12.8.